The van der Waals surface area contributed by atoms with Crippen LogP contribution in [0.3, 0.4) is 0 Å². The number of hydrogen-bond donors (Lipinski definition) is 1. The Kier molecular flexibility index (Phi) is 2.95. The molecule has 16 heavy (non-hydrogen) atoms. The molecule has 0 bridgehead atoms. The van der Waals surface area contributed by atoms with Crippen molar-refractivity contribution in [3.63, 3.8) is 0 Å². The molecular weight excluding hydrogens is 212 g/mol. The zero-order chi connectivity index (χ0) is 11.8. The van der Waals surface area contributed by atoms with E-state index in [-0.39, 0.29) is 18.7 Å². The number of halogens is 2. The van der Waals surface area contributed by atoms with Gasteiger partial charge in [-0.05, 0) is 18.9 Å². The fraction of sp³-hybridized carbons (Fsp3) is 0.500. The summed E-state index contributed by atoms with van der Waals surface area (Å²) in [4.78, 5) is 0. The Morgan fingerprint density at radius 2 is 2.06 bits per heavy atom. The minimum absolute atomic E-state index is 0.143. The average molecular weight is 227 g/mol. The van der Waals surface area contributed by atoms with Gasteiger partial charge in [0.1, 0.15) is 11.6 Å². The Labute approximate surface area is 93.4 Å². The van der Waals surface area contributed by atoms with E-state index in [0.717, 1.165) is 12.8 Å². The Bertz CT molecular complexity index is 402. The normalized spacial score (nSPS) is 17.5. The first-order chi connectivity index (χ1) is 7.64. The van der Waals surface area contributed by atoms with Crippen LogP contribution in [-0.2, 0) is 16.8 Å². The van der Waals surface area contributed by atoms with Gasteiger partial charge in [0.15, 0.2) is 0 Å². The van der Waals surface area contributed by atoms with Crippen molar-refractivity contribution in [3.05, 3.63) is 34.9 Å². The molecule has 0 amide bonds. The van der Waals surface area contributed by atoms with Crippen molar-refractivity contribution >= 4 is 0 Å². The molecule has 0 unspecified atom stereocenters. The molecule has 88 valence electrons. The van der Waals surface area contributed by atoms with Gasteiger partial charge in [-0.1, -0.05) is 6.07 Å². The number of hydrogen-bond acceptors (Lipinski definition) is 2. The van der Waals surface area contributed by atoms with Gasteiger partial charge in [0.2, 0.25) is 0 Å². The van der Waals surface area contributed by atoms with Gasteiger partial charge in [-0.3, -0.25) is 0 Å². The molecule has 2 rings (SSSR count). The first-order valence-electron chi connectivity index (χ1n) is 5.31. The maximum absolute atomic E-state index is 14.1. The summed E-state index contributed by atoms with van der Waals surface area (Å²) in [6, 6.07) is 2.72. The van der Waals surface area contributed by atoms with E-state index in [4.69, 9.17) is 10.5 Å². The van der Waals surface area contributed by atoms with Crippen molar-refractivity contribution < 1.29 is 13.5 Å². The van der Waals surface area contributed by atoms with Crippen LogP contribution in [-0.4, -0.2) is 13.7 Å². The van der Waals surface area contributed by atoms with E-state index in [2.05, 4.69) is 0 Å². The van der Waals surface area contributed by atoms with Gasteiger partial charge in [0, 0.05) is 30.2 Å². The highest BCUT2D eigenvalue weighted by atomic mass is 19.1. The third-order valence-corrected chi connectivity index (χ3v) is 3.25. The van der Waals surface area contributed by atoms with Gasteiger partial charge in [0.05, 0.1) is 6.61 Å². The predicted molar refractivity (Wildman–Crippen MR) is 57.0 cm³/mol. The van der Waals surface area contributed by atoms with Crippen LogP contribution in [0.25, 0.3) is 0 Å². The van der Waals surface area contributed by atoms with Crippen LogP contribution in [0.5, 0.6) is 0 Å². The van der Waals surface area contributed by atoms with Crippen LogP contribution in [0.15, 0.2) is 12.1 Å². The molecule has 0 heterocycles. The molecule has 0 radical (unpaired) electrons. The molecule has 4 heteroatoms. The fourth-order valence-electron chi connectivity index (χ4n) is 2.06. The summed E-state index contributed by atoms with van der Waals surface area (Å²) in [7, 11) is 1.48. The van der Waals surface area contributed by atoms with Crippen LogP contribution in [0.4, 0.5) is 8.78 Å². The Morgan fingerprint density at radius 3 is 2.56 bits per heavy atom. The van der Waals surface area contributed by atoms with Crippen molar-refractivity contribution in [1.82, 2.24) is 0 Å². The smallest absolute Gasteiger partial charge is 0.135 e. The number of ether oxygens (including phenoxy) is 1. The summed E-state index contributed by atoms with van der Waals surface area (Å²) in [5, 5.41) is 0. The summed E-state index contributed by atoms with van der Waals surface area (Å²) < 4.78 is 32.6. The first kappa shape index (κ1) is 11.5. The molecule has 2 nitrogen and oxygen atoms in total. The van der Waals surface area contributed by atoms with Crippen LogP contribution < -0.4 is 5.73 Å². The standard InChI is InChI=1S/C12H15F2NO/c1-16-6-8-2-3-9(13)10(11(8)14)12(7-15)4-5-12/h2-3H,4-7,15H2,1H3. The molecule has 2 N–H and O–H groups in total. The maximum Gasteiger partial charge on any atom is 0.135 e. The summed E-state index contributed by atoms with van der Waals surface area (Å²) in [6.45, 7) is 0.442. The summed E-state index contributed by atoms with van der Waals surface area (Å²) in [6.07, 6.45) is 1.52. The summed E-state index contributed by atoms with van der Waals surface area (Å²) >= 11 is 0. The van der Waals surface area contributed by atoms with Crippen LogP contribution in [0.2, 0.25) is 0 Å². The Hall–Kier alpha value is -1.00. The topological polar surface area (TPSA) is 35.2 Å². The van der Waals surface area contributed by atoms with E-state index in [1.165, 1.54) is 19.2 Å². The van der Waals surface area contributed by atoms with E-state index in [0.29, 0.717) is 5.56 Å². The highest BCUT2D eigenvalue weighted by Crippen LogP contribution is 2.49. The molecule has 1 fully saturated rings. The Morgan fingerprint density at radius 1 is 1.38 bits per heavy atom. The van der Waals surface area contributed by atoms with E-state index in [1.54, 1.807) is 0 Å². The third-order valence-electron chi connectivity index (χ3n) is 3.25. The van der Waals surface area contributed by atoms with Crippen LogP contribution in [0.1, 0.15) is 24.0 Å². The molecule has 0 aliphatic heterocycles. The maximum atomic E-state index is 14.1. The lowest BCUT2D eigenvalue weighted by Gasteiger charge is -2.16. The predicted octanol–water partition coefficient (Wildman–Crippen LogP) is 2.10. The van der Waals surface area contributed by atoms with Gasteiger partial charge in [-0.2, -0.15) is 0 Å². The van der Waals surface area contributed by atoms with Crippen molar-refractivity contribution in [2.45, 2.75) is 24.9 Å². The number of rotatable bonds is 4. The van der Waals surface area contributed by atoms with Crippen molar-refractivity contribution in [2.75, 3.05) is 13.7 Å². The molecule has 0 spiro atoms. The molecular formula is C12H15F2NO. The van der Waals surface area contributed by atoms with Crippen LogP contribution >= 0.6 is 0 Å². The zero-order valence-electron chi connectivity index (χ0n) is 9.22. The highest BCUT2D eigenvalue weighted by Gasteiger charge is 2.47. The lowest BCUT2D eigenvalue weighted by atomic mass is 9.93. The largest absolute Gasteiger partial charge is 0.380 e. The molecule has 1 aromatic carbocycles. The van der Waals surface area contributed by atoms with Crippen molar-refractivity contribution in [1.29, 1.82) is 0 Å². The van der Waals surface area contributed by atoms with Gasteiger partial charge >= 0.3 is 0 Å². The molecule has 0 aromatic heterocycles. The van der Waals surface area contributed by atoms with Crippen LogP contribution in [0, 0.1) is 11.6 Å². The first-order valence-corrected chi connectivity index (χ1v) is 5.31. The van der Waals surface area contributed by atoms with Gasteiger partial charge in [-0.25, -0.2) is 8.78 Å². The van der Waals surface area contributed by atoms with E-state index in [9.17, 15) is 8.78 Å². The quantitative estimate of drug-likeness (QED) is 0.855. The molecule has 1 saturated carbocycles. The summed E-state index contributed by atoms with van der Waals surface area (Å²) in [5.41, 5.74) is 5.65. The van der Waals surface area contributed by atoms with Crippen molar-refractivity contribution in [3.8, 4) is 0 Å². The molecule has 1 aromatic rings. The molecule has 1 aliphatic carbocycles. The average Bonchev–Trinajstić information content (AvgIpc) is 3.04. The minimum Gasteiger partial charge on any atom is -0.380 e. The fourth-order valence-corrected chi connectivity index (χ4v) is 2.06. The monoisotopic (exact) mass is 227 g/mol. The lowest BCUT2D eigenvalue weighted by molar-refractivity contribution is 0.181. The molecule has 1 aliphatic rings. The minimum atomic E-state index is -0.500. The second kappa shape index (κ2) is 4.11. The second-order valence-electron chi connectivity index (χ2n) is 4.31. The van der Waals surface area contributed by atoms with Gasteiger partial charge in [0.25, 0.3) is 0 Å². The summed E-state index contributed by atoms with van der Waals surface area (Å²) in [5.74, 6) is -0.995. The van der Waals surface area contributed by atoms with Crippen molar-refractivity contribution in [2.24, 2.45) is 5.73 Å². The lowest BCUT2D eigenvalue weighted by Crippen LogP contribution is -2.23. The van der Waals surface area contributed by atoms with Gasteiger partial charge in [-0.15, -0.1) is 0 Å². The number of nitrogens with two attached hydrogens (primary N) is 1. The van der Waals surface area contributed by atoms with E-state index >= 15 is 0 Å². The van der Waals surface area contributed by atoms with Gasteiger partial charge < -0.3 is 10.5 Å². The number of benzene rings is 1. The SMILES string of the molecule is COCc1ccc(F)c(C2(CN)CC2)c1F. The van der Waals surface area contributed by atoms with E-state index in [1.807, 2.05) is 0 Å². The Balaban J connectivity index is 2.47. The molecule has 0 atom stereocenters. The third kappa shape index (κ3) is 1.72. The second-order valence-corrected chi connectivity index (χ2v) is 4.31. The number of methoxy groups -OCH3 is 1. The molecule has 0 saturated heterocycles. The highest BCUT2D eigenvalue weighted by molar-refractivity contribution is 5.38. The zero-order valence-corrected chi connectivity index (χ0v) is 9.22. The van der Waals surface area contributed by atoms with E-state index < -0.39 is 17.0 Å².